The Hall–Kier alpha value is -1.87. The van der Waals surface area contributed by atoms with Crippen LogP contribution < -0.4 is 0 Å². The molecule has 0 bridgehead atoms. The summed E-state index contributed by atoms with van der Waals surface area (Å²) in [7, 11) is 0. The van der Waals surface area contributed by atoms with Crippen LogP contribution in [0.1, 0.15) is 11.1 Å². The fraction of sp³-hybridized carbons (Fsp3) is 0.0833. The number of carboxylic acid groups (broad SMARTS) is 1. The highest BCUT2D eigenvalue weighted by molar-refractivity contribution is 6.05. The van der Waals surface area contributed by atoms with Gasteiger partial charge in [-0.2, -0.15) is 0 Å². The number of benzene rings is 2. The van der Waals surface area contributed by atoms with Gasteiger partial charge in [0.1, 0.15) is 0 Å². The molecule has 0 atom stereocenters. The summed E-state index contributed by atoms with van der Waals surface area (Å²) in [6.45, 7) is 0. The summed E-state index contributed by atoms with van der Waals surface area (Å²) in [5.74, 6) is -1.21. The Morgan fingerprint density at radius 3 is 2.07 bits per heavy atom. The number of aliphatic hydroxyl groups is 1. The second-order valence-corrected chi connectivity index (χ2v) is 3.72. The van der Waals surface area contributed by atoms with Crippen LogP contribution in [-0.4, -0.2) is 16.2 Å². The molecule has 2 aromatic carbocycles. The van der Waals surface area contributed by atoms with E-state index in [4.69, 9.17) is 5.11 Å². The average molecular weight is 200 g/mol. The summed E-state index contributed by atoms with van der Waals surface area (Å²) < 4.78 is 0. The maximum absolute atomic E-state index is 11.1. The molecule has 0 radical (unpaired) electrons. The van der Waals surface area contributed by atoms with E-state index in [2.05, 4.69) is 0 Å². The van der Waals surface area contributed by atoms with Crippen LogP contribution in [0.25, 0.3) is 10.8 Å². The summed E-state index contributed by atoms with van der Waals surface area (Å²) >= 11 is 0. The Labute approximate surface area is 85.6 Å². The molecule has 0 saturated heterocycles. The lowest BCUT2D eigenvalue weighted by atomic mass is 9.71. The minimum absolute atomic E-state index is 0.489. The molecular weight excluding hydrogens is 192 g/mol. The summed E-state index contributed by atoms with van der Waals surface area (Å²) in [6.07, 6.45) is 0. The quantitative estimate of drug-likeness (QED) is 0.732. The third-order valence-electron chi connectivity index (χ3n) is 2.99. The van der Waals surface area contributed by atoms with Crippen LogP contribution in [0.15, 0.2) is 36.4 Å². The zero-order valence-corrected chi connectivity index (χ0v) is 7.77. The molecule has 3 heteroatoms. The molecule has 0 aromatic heterocycles. The lowest BCUT2D eigenvalue weighted by Crippen LogP contribution is -2.42. The number of carboxylic acids is 1. The molecular formula is C12H8O3. The topological polar surface area (TPSA) is 57.5 Å². The highest BCUT2D eigenvalue weighted by atomic mass is 16.4. The van der Waals surface area contributed by atoms with Gasteiger partial charge in [0.15, 0.2) is 0 Å². The van der Waals surface area contributed by atoms with E-state index in [0.29, 0.717) is 11.1 Å². The van der Waals surface area contributed by atoms with Crippen molar-refractivity contribution in [2.24, 2.45) is 0 Å². The van der Waals surface area contributed by atoms with Crippen LogP contribution in [0, 0.1) is 0 Å². The Bertz CT molecular complexity index is 548. The second-order valence-electron chi connectivity index (χ2n) is 3.72. The molecule has 2 aromatic rings. The summed E-state index contributed by atoms with van der Waals surface area (Å²) in [6, 6.07) is 10.6. The highest BCUT2D eigenvalue weighted by Gasteiger charge is 2.49. The molecule has 0 saturated carbocycles. The van der Waals surface area contributed by atoms with Gasteiger partial charge in [-0.3, -0.25) is 0 Å². The van der Waals surface area contributed by atoms with Crippen molar-refractivity contribution in [3.63, 3.8) is 0 Å². The molecule has 1 aliphatic rings. The minimum Gasteiger partial charge on any atom is -0.479 e. The number of hydrogen-bond acceptors (Lipinski definition) is 2. The van der Waals surface area contributed by atoms with Crippen molar-refractivity contribution in [1.29, 1.82) is 0 Å². The van der Waals surface area contributed by atoms with Gasteiger partial charge < -0.3 is 10.2 Å². The van der Waals surface area contributed by atoms with E-state index in [0.717, 1.165) is 10.8 Å². The van der Waals surface area contributed by atoms with E-state index in [-0.39, 0.29) is 0 Å². The van der Waals surface area contributed by atoms with Crippen molar-refractivity contribution >= 4 is 16.7 Å². The molecule has 1 aliphatic carbocycles. The van der Waals surface area contributed by atoms with Crippen LogP contribution in [0.5, 0.6) is 0 Å². The Morgan fingerprint density at radius 1 is 1.07 bits per heavy atom. The van der Waals surface area contributed by atoms with Crippen molar-refractivity contribution in [1.82, 2.24) is 0 Å². The number of aliphatic carboxylic acids is 1. The van der Waals surface area contributed by atoms with Gasteiger partial charge in [-0.05, 0) is 10.8 Å². The van der Waals surface area contributed by atoms with Crippen LogP contribution >= 0.6 is 0 Å². The van der Waals surface area contributed by atoms with Gasteiger partial charge in [0.05, 0.1) is 0 Å². The minimum atomic E-state index is -1.81. The first-order chi connectivity index (χ1) is 7.15. The van der Waals surface area contributed by atoms with Gasteiger partial charge in [-0.25, -0.2) is 4.79 Å². The van der Waals surface area contributed by atoms with Crippen molar-refractivity contribution < 1.29 is 15.0 Å². The van der Waals surface area contributed by atoms with Gasteiger partial charge in [0, 0.05) is 11.1 Å². The summed E-state index contributed by atoms with van der Waals surface area (Å²) in [5, 5.41) is 20.9. The summed E-state index contributed by atoms with van der Waals surface area (Å²) in [4.78, 5) is 11.1. The molecule has 15 heavy (non-hydrogen) atoms. The predicted molar refractivity (Wildman–Crippen MR) is 54.6 cm³/mol. The standard InChI is InChI=1S/C12H8O3/c13-11(14)12(15)8-5-1-3-7-4-2-6-9(12)10(7)8/h1-6,15H,(H,13,14). The zero-order valence-electron chi connectivity index (χ0n) is 7.77. The first-order valence-electron chi connectivity index (χ1n) is 4.64. The van der Waals surface area contributed by atoms with Crippen LogP contribution in [0.2, 0.25) is 0 Å². The molecule has 3 rings (SSSR count). The lowest BCUT2D eigenvalue weighted by molar-refractivity contribution is -0.155. The largest absolute Gasteiger partial charge is 0.479 e. The monoisotopic (exact) mass is 200 g/mol. The van der Waals surface area contributed by atoms with E-state index in [9.17, 15) is 9.90 Å². The van der Waals surface area contributed by atoms with E-state index < -0.39 is 11.6 Å². The molecule has 3 nitrogen and oxygen atoms in total. The lowest BCUT2D eigenvalue weighted by Gasteiger charge is -2.35. The second kappa shape index (κ2) is 2.38. The first kappa shape index (κ1) is 8.44. The van der Waals surface area contributed by atoms with Crippen molar-refractivity contribution in [2.75, 3.05) is 0 Å². The van der Waals surface area contributed by atoms with Gasteiger partial charge in [0.2, 0.25) is 5.60 Å². The van der Waals surface area contributed by atoms with Crippen molar-refractivity contribution in [3.05, 3.63) is 47.5 Å². The van der Waals surface area contributed by atoms with Gasteiger partial charge in [-0.1, -0.05) is 36.4 Å². The fourth-order valence-corrected chi connectivity index (χ4v) is 2.26. The maximum atomic E-state index is 11.1. The molecule has 0 aliphatic heterocycles. The molecule has 74 valence electrons. The predicted octanol–water partition coefficient (Wildman–Crippen LogP) is 1.47. The van der Waals surface area contributed by atoms with Crippen LogP contribution in [0.4, 0.5) is 0 Å². The maximum Gasteiger partial charge on any atom is 0.345 e. The van der Waals surface area contributed by atoms with Crippen molar-refractivity contribution in [2.45, 2.75) is 5.60 Å². The van der Waals surface area contributed by atoms with Crippen LogP contribution in [-0.2, 0) is 10.4 Å². The molecule has 0 unspecified atom stereocenters. The third kappa shape index (κ3) is 0.773. The van der Waals surface area contributed by atoms with Crippen LogP contribution in [0.3, 0.4) is 0 Å². The van der Waals surface area contributed by atoms with Gasteiger partial charge in [0.25, 0.3) is 0 Å². The number of hydrogen-bond donors (Lipinski definition) is 2. The third-order valence-corrected chi connectivity index (χ3v) is 2.99. The van der Waals surface area contributed by atoms with E-state index >= 15 is 0 Å². The smallest absolute Gasteiger partial charge is 0.345 e. The number of carbonyl (C=O) groups is 1. The fourth-order valence-electron chi connectivity index (χ4n) is 2.26. The van der Waals surface area contributed by atoms with E-state index in [1.165, 1.54) is 0 Å². The Kier molecular flexibility index (Phi) is 1.34. The SMILES string of the molecule is O=C(O)C1(O)c2cccc3cccc1c23. The normalized spacial score (nSPS) is 16.1. The van der Waals surface area contributed by atoms with Crippen molar-refractivity contribution in [3.8, 4) is 0 Å². The average Bonchev–Trinajstić information content (AvgIpc) is 2.26. The van der Waals surface area contributed by atoms with Gasteiger partial charge in [-0.15, -0.1) is 0 Å². The van der Waals surface area contributed by atoms with E-state index in [1.54, 1.807) is 24.3 Å². The molecule has 0 amide bonds. The Morgan fingerprint density at radius 2 is 1.60 bits per heavy atom. The van der Waals surface area contributed by atoms with E-state index in [1.807, 2.05) is 12.1 Å². The molecule has 0 spiro atoms. The summed E-state index contributed by atoms with van der Waals surface area (Å²) in [5.41, 5.74) is -0.831. The Balaban J connectivity index is 2.43. The first-order valence-corrected chi connectivity index (χ1v) is 4.64. The molecule has 0 fully saturated rings. The van der Waals surface area contributed by atoms with Gasteiger partial charge >= 0.3 is 5.97 Å². The zero-order chi connectivity index (χ0) is 10.6. The molecule has 2 N–H and O–H groups in total. The highest BCUT2D eigenvalue weighted by Crippen LogP contribution is 2.47. The molecule has 0 heterocycles. The number of rotatable bonds is 1.